The number of fused-ring (bicyclic) bond motifs is 1. The monoisotopic (exact) mass is 644 g/mol. The van der Waals surface area contributed by atoms with E-state index in [0.717, 1.165) is 5.56 Å². The smallest absolute Gasteiger partial charge is 0.441 e. The Kier molecular flexibility index (Phi) is 7.43. The third-order valence-corrected chi connectivity index (χ3v) is 11.2. The maximum absolute atomic E-state index is 14.7. The van der Waals surface area contributed by atoms with Crippen LogP contribution in [0.4, 0.5) is 19.3 Å². The molecule has 0 saturated carbocycles. The van der Waals surface area contributed by atoms with Gasteiger partial charge in [-0.3, -0.25) is 10.1 Å². The maximum atomic E-state index is 14.7. The van der Waals surface area contributed by atoms with Gasteiger partial charge in [-0.2, -0.15) is 17.2 Å². The number of nitrogens with two attached hydrogens (primary N) is 1. The number of likely N-dealkylation sites (tertiary alicyclic amines) is 1. The summed E-state index contributed by atoms with van der Waals surface area (Å²) in [5, 5.41) is 1.90. The standard InChI is InChI=1S/C30H31F2N5O7S/c1-17-25(34-29(40)43-18(2)19-6-4-3-5-7-19)27(44-35-17)21-12-14-36(15-13-21)22-10-8-20-9-11-24(38)37(23(16-22)26(20)37)45(41,42)30(31,32)28(33)39/h3-8,10,16,18,21,26H,9,11-15H2,1-2H3,(H2-,33,34,39,40)/p+1/t18-,26?,37?/m1/s1. The van der Waals surface area contributed by atoms with Gasteiger partial charge in [0.15, 0.2) is 5.76 Å². The topological polar surface area (TPSA) is 162 Å². The number of nitrogens with zero attached hydrogens (tertiary/aromatic N) is 3. The molecule has 2 unspecified atom stereocenters. The van der Waals surface area contributed by atoms with Gasteiger partial charge in [0.1, 0.15) is 17.5 Å². The van der Waals surface area contributed by atoms with Crippen LogP contribution in [0.3, 0.4) is 0 Å². The van der Waals surface area contributed by atoms with Crippen LogP contribution in [0.1, 0.15) is 61.6 Å². The number of alkyl halides is 2. The lowest BCUT2D eigenvalue weighted by Crippen LogP contribution is -2.56. The van der Waals surface area contributed by atoms with Crippen molar-refractivity contribution in [3.8, 4) is 0 Å². The fourth-order valence-corrected chi connectivity index (χ4v) is 8.39. The highest BCUT2D eigenvalue weighted by Crippen LogP contribution is 2.60. The van der Waals surface area contributed by atoms with Crippen LogP contribution < -0.4 is 11.1 Å². The van der Waals surface area contributed by atoms with Crippen molar-refractivity contribution >= 4 is 33.6 Å². The third-order valence-electron chi connectivity index (χ3n) is 8.96. The molecule has 0 radical (unpaired) electrons. The first-order chi connectivity index (χ1) is 21.3. The molecule has 3 fully saturated rings. The summed E-state index contributed by atoms with van der Waals surface area (Å²) < 4.78 is 65.2. The van der Waals surface area contributed by atoms with Crippen molar-refractivity contribution in [2.45, 2.75) is 62.8 Å². The van der Waals surface area contributed by atoms with Gasteiger partial charge in [-0.25, -0.2) is 9.59 Å². The van der Waals surface area contributed by atoms with E-state index in [1.807, 2.05) is 35.2 Å². The number of benzene rings is 1. The second-order valence-corrected chi connectivity index (χ2v) is 13.6. The summed E-state index contributed by atoms with van der Waals surface area (Å²) in [4.78, 5) is 39.2. The van der Waals surface area contributed by atoms with Crippen molar-refractivity contribution < 1.29 is 44.7 Å². The van der Waals surface area contributed by atoms with E-state index in [2.05, 4.69) is 10.5 Å². The van der Waals surface area contributed by atoms with Gasteiger partial charge in [0.2, 0.25) is 11.7 Å². The quantitative estimate of drug-likeness (QED) is 0.318. The molecule has 4 aliphatic rings. The van der Waals surface area contributed by atoms with Crippen LogP contribution in [-0.4, -0.2) is 64.7 Å². The number of hydrogen-bond acceptors (Lipinski definition) is 9. The van der Waals surface area contributed by atoms with E-state index in [9.17, 15) is 31.6 Å². The molecule has 12 nitrogen and oxygen atoms in total. The SMILES string of the molecule is Cc1noc(C2CCN(C3=CC=C4CCC(=O)[N+]5(S(=O)(=O)C(F)(F)C(N)=O)C(=C3)C45)CC2)c1NC(=O)O[C@H](C)c1ccccc1. The molecule has 3 N–H and O–H groups in total. The summed E-state index contributed by atoms with van der Waals surface area (Å²) in [5.41, 5.74) is 7.59. The van der Waals surface area contributed by atoms with E-state index >= 15 is 0 Å². The van der Waals surface area contributed by atoms with Gasteiger partial charge >= 0.3 is 33.2 Å². The third kappa shape index (κ3) is 4.76. The molecule has 3 amide bonds. The van der Waals surface area contributed by atoms with Gasteiger partial charge in [-0.1, -0.05) is 41.6 Å². The number of quaternary nitrogens is 1. The Balaban J connectivity index is 1.17. The summed E-state index contributed by atoms with van der Waals surface area (Å²) in [6.45, 7) is 4.43. The first-order valence-corrected chi connectivity index (χ1v) is 16.0. The number of allylic oxidation sites excluding steroid dienone is 3. The van der Waals surface area contributed by atoms with Crippen molar-refractivity contribution in [1.29, 1.82) is 0 Å². The van der Waals surface area contributed by atoms with Gasteiger partial charge in [0.25, 0.3) is 0 Å². The number of aryl methyl sites for hydroxylation is 1. The van der Waals surface area contributed by atoms with Crippen LogP contribution in [0.5, 0.6) is 0 Å². The molecule has 1 aromatic heterocycles. The lowest BCUT2D eigenvalue weighted by Gasteiger charge is -2.33. The van der Waals surface area contributed by atoms with Crippen LogP contribution in [0, 0.1) is 6.92 Å². The highest BCUT2D eigenvalue weighted by Gasteiger charge is 2.84. The first kappa shape index (κ1) is 30.6. The van der Waals surface area contributed by atoms with Gasteiger partial charge < -0.3 is 19.9 Å². The van der Waals surface area contributed by atoms with Crippen LogP contribution in [0.2, 0.25) is 0 Å². The number of ether oxygens (including phenoxy) is 1. The highest BCUT2D eigenvalue weighted by atomic mass is 32.2. The van der Waals surface area contributed by atoms with Gasteiger partial charge in [-0.15, -0.1) is 3.89 Å². The Morgan fingerprint density at radius 1 is 1.18 bits per heavy atom. The van der Waals surface area contributed by atoms with E-state index in [0.29, 0.717) is 54.3 Å². The van der Waals surface area contributed by atoms with E-state index < -0.39 is 49.2 Å². The zero-order chi connectivity index (χ0) is 32.3. The molecule has 3 aliphatic heterocycles. The van der Waals surface area contributed by atoms with Crippen LogP contribution in [0.25, 0.3) is 0 Å². The Morgan fingerprint density at radius 3 is 2.53 bits per heavy atom. The number of amides is 3. The fourth-order valence-electron chi connectivity index (χ4n) is 6.52. The minimum atomic E-state index is -5.68. The Hall–Kier alpha value is -4.37. The molecule has 0 spiro atoms. The summed E-state index contributed by atoms with van der Waals surface area (Å²) in [6.07, 6.45) is 4.88. The number of primary amides is 1. The normalized spacial score (nSPS) is 24.0. The maximum Gasteiger partial charge on any atom is 0.473 e. The molecule has 1 aromatic carbocycles. The molecule has 3 atom stereocenters. The van der Waals surface area contributed by atoms with Crippen LogP contribution in [0.15, 0.2) is 70.1 Å². The zero-order valence-electron chi connectivity index (χ0n) is 24.5. The molecule has 1 aliphatic carbocycles. The number of anilines is 1. The summed E-state index contributed by atoms with van der Waals surface area (Å²) in [7, 11) is -5.68. The number of carbonyl (C=O) groups excluding carboxylic acids is 3. The molecule has 2 aromatic rings. The van der Waals surface area contributed by atoms with Gasteiger partial charge in [0.05, 0.1) is 6.42 Å². The average Bonchev–Trinajstić information content (AvgIpc) is 3.64. The molecule has 4 heterocycles. The minimum Gasteiger partial charge on any atom is -0.441 e. The number of hydrogen-bond donors (Lipinski definition) is 2. The molecule has 238 valence electrons. The van der Waals surface area contributed by atoms with E-state index in [-0.39, 0.29) is 24.5 Å². The number of nitrogens with one attached hydrogen (secondary N) is 1. The van der Waals surface area contributed by atoms with Crippen molar-refractivity contribution in [2.75, 3.05) is 18.4 Å². The minimum absolute atomic E-state index is 0.0175. The molecule has 45 heavy (non-hydrogen) atoms. The molecule has 6 rings (SSSR count). The first-order valence-electron chi connectivity index (χ1n) is 14.5. The van der Waals surface area contributed by atoms with Crippen molar-refractivity contribution in [1.82, 2.24) is 10.1 Å². The summed E-state index contributed by atoms with van der Waals surface area (Å²) >= 11 is 0. The lowest BCUT2D eigenvalue weighted by atomic mass is 9.92. The van der Waals surface area contributed by atoms with Gasteiger partial charge in [-0.05, 0) is 44.7 Å². The molecular formula is C30H32F2N5O7S+. The highest BCUT2D eigenvalue weighted by molar-refractivity contribution is 7.88. The Bertz CT molecular complexity index is 1780. The second-order valence-electron chi connectivity index (χ2n) is 11.6. The van der Waals surface area contributed by atoms with Crippen molar-refractivity contribution in [3.05, 3.63) is 82.5 Å². The molecule has 15 heteroatoms. The predicted octanol–water partition coefficient (Wildman–Crippen LogP) is 4.11. The molecular weight excluding hydrogens is 612 g/mol. The molecule has 3 saturated heterocycles. The fraction of sp³-hybridized carbons (Fsp3) is 0.400. The van der Waals surface area contributed by atoms with E-state index in [1.165, 1.54) is 6.08 Å². The van der Waals surface area contributed by atoms with Crippen molar-refractivity contribution in [2.24, 2.45) is 5.73 Å². The number of piperidine rings is 2. The zero-order valence-corrected chi connectivity index (χ0v) is 25.4. The number of carbonyl (C=O) groups is 3. The summed E-state index contributed by atoms with van der Waals surface area (Å²) in [6, 6.07) is 8.20. The average molecular weight is 645 g/mol. The van der Waals surface area contributed by atoms with Crippen molar-refractivity contribution in [3.63, 3.8) is 0 Å². The molecule has 0 bridgehead atoms. The largest absolute Gasteiger partial charge is 0.473 e. The number of aromatic nitrogens is 1. The predicted molar refractivity (Wildman–Crippen MR) is 155 cm³/mol. The van der Waals surface area contributed by atoms with E-state index in [4.69, 9.17) is 15.0 Å². The number of halogens is 2. The number of sulfonamides is 1. The Labute approximate surface area is 257 Å². The number of rotatable bonds is 8. The lowest BCUT2D eigenvalue weighted by molar-refractivity contribution is -0.576. The van der Waals surface area contributed by atoms with Crippen LogP contribution in [-0.2, 0) is 24.3 Å². The van der Waals surface area contributed by atoms with Gasteiger partial charge in [0, 0.05) is 36.4 Å². The second kappa shape index (κ2) is 10.9. The van der Waals surface area contributed by atoms with E-state index in [1.54, 1.807) is 26.0 Å². The van der Waals surface area contributed by atoms with Crippen LogP contribution >= 0.6 is 0 Å². The Morgan fingerprint density at radius 2 is 1.87 bits per heavy atom. The summed E-state index contributed by atoms with van der Waals surface area (Å²) in [5.74, 6) is -2.85.